The second kappa shape index (κ2) is 6.74. The van der Waals surface area contributed by atoms with Gasteiger partial charge in [0.05, 0.1) is 0 Å². The Kier molecular flexibility index (Phi) is 5.26. The van der Waals surface area contributed by atoms with Crippen molar-refractivity contribution in [2.75, 3.05) is 6.54 Å². The second-order valence-electron chi connectivity index (χ2n) is 6.49. The third kappa shape index (κ3) is 3.50. The minimum atomic E-state index is -0.600. The topological polar surface area (TPSA) is 40.5 Å². The van der Waals surface area contributed by atoms with Gasteiger partial charge in [0.1, 0.15) is 6.04 Å². The van der Waals surface area contributed by atoms with Crippen molar-refractivity contribution in [3.63, 3.8) is 0 Å². The van der Waals surface area contributed by atoms with Gasteiger partial charge in [-0.25, -0.2) is 0 Å². The average molecular weight is 267 g/mol. The third-order valence-corrected chi connectivity index (χ3v) is 5.42. The van der Waals surface area contributed by atoms with E-state index in [1.807, 2.05) is 0 Å². The maximum absolute atomic E-state index is 11.6. The Morgan fingerprint density at radius 3 is 2.42 bits per heavy atom. The quantitative estimate of drug-likeness (QED) is 0.847. The number of nitrogens with zero attached hydrogens (tertiary/aromatic N) is 1. The number of carbonyl (C=O) groups is 1. The average Bonchev–Trinajstić information content (AvgIpc) is 2.46. The van der Waals surface area contributed by atoms with Gasteiger partial charge < -0.3 is 5.11 Å². The Morgan fingerprint density at radius 1 is 1.11 bits per heavy atom. The van der Waals surface area contributed by atoms with Gasteiger partial charge in [0, 0.05) is 6.04 Å². The summed E-state index contributed by atoms with van der Waals surface area (Å²) in [4.78, 5) is 13.9. The van der Waals surface area contributed by atoms with Crippen LogP contribution in [-0.4, -0.2) is 34.6 Å². The number of rotatable bonds is 4. The Labute approximate surface area is 117 Å². The van der Waals surface area contributed by atoms with Crippen molar-refractivity contribution in [2.45, 2.75) is 77.3 Å². The normalized spacial score (nSPS) is 37.2. The van der Waals surface area contributed by atoms with E-state index in [4.69, 9.17) is 0 Å². The molecule has 0 aromatic carbocycles. The van der Waals surface area contributed by atoms with Crippen LogP contribution in [-0.2, 0) is 4.79 Å². The minimum absolute atomic E-state index is 0.223. The molecule has 4 atom stereocenters. The lowest BCUT2D eigenvalue weighted by Gasteiger charge is -2.44. The molecule has 2 fully saturated rings. The number of hydrogen-bond acceptors (Lipinski definition) is 2. The van der Waals surface area contributed by atoms with E-state index >= 15 is 0 Å². The summed E-state index contributed by atoms with van der Waals surface area (Å²) in [6, 6.07) is 0.303. The fraction of sp³-hybridized carbons (Fsp3) is 0.938. The Bertz CT molecular complexity index is 305. The largest absolute Gasteiger partial charge is 0.480 e. The zero-order chi connectivity index (χ0) is 13.8. The highest BCUT2D eigenvalue weighted by Crippen LogP contribution is 2.35. The maximum atomic E-state index is 11.6. The molecule has 1 N–H and O–H groups in total. The summed E-state index contributed by atoms with van der Waals surface area (Å²) in [5.41, 5.74) is 0. The van der Waals surface area contributed by atoms with Gasteiger partial charge >= 0.3 is 5.97 Å². The summed E-state index contributed by atoms with van der Waals surface area (Å²) >= 11 is 0. The van der Waals surface area contributed by atoms with E-state index in [1.54, 1.807) is 0 Å². The molecule has 3 nitrogen and oxygen atoms in total. The van der Waals surface area contributed by atoms with Crippen molar-refractivity contribution in [1.82, 2.24) is 4.90 Å². The SMILES string of the molecule is CCC1CCCC(N2CCC(CC)CC2C(=O)O)C1. The van der Waals surface area contributed by atoms with E-state index in [0.717, 1.165) is 25.3 Å². The second-order valence-corrected chi connectivity index (χ2v) is 6.49. The lowest BCUT2D eigenvalue weighted by molar-refractivity contribution is -0.147. The summed E-state index contributed by atoms with van der Waals surface area (Å²) in [6.45, 7) is 5.45. The Balaban J connectivity index is 2.02. The molecule has 2 aliphatic rings. The first-order valence-electron chi connectivity index (χ1n) is 8.14. The summed E-state index contributed by atoms with van der Waals surface area (Å²) in [5, 5.41) is 9.53. The zero-order valence-corrected chi connectivity index (χ0v) is 12.5. The van der Waals surface area contributed by atoms with Crippen LogP contribution in [0.4, 0.5) is 0 Å². The van der Waals surface area contributed by atoms with E-state index in [2.05, 4.69) is 18.7 Å². The molecule has 4 unspecified atom stereocenters. The van der Waals surface area contributed by atoms with Crippen LogP contribution in [0.15, 0.2) is 0 Å². The van der Waals surface area contributed by atoms with E-state index in [1.165, 1.54) is 38.5 Å². The minimum Gasteiger partial charge on any atom is -0.480 e. The predicted octanol–water partition coefficient (Wildman–Crippen LogP) is 3.53. The van der Waals surface area contributed by atoms with Gasteiger partial charge in [0.2, 0.25) is 0 Å². The van der Waals surface area contributed by atoms with E-state index in [-0.39, 0.29) is 6.04 Å². The summed E-state index contributed by atoms with van der Waals surface area (Å²) in [5.74, 6) is 0.830. The van der Waals surface area contributed by atoms with Gasteiger partial charge in [-0.05, 0) is 44.1 Å². The van der Waals surface area contributed by atoms with Gasteiger partial charge in [-0.3, -0.25) is 9.69 Å². The molecule has 0 aromatic rings. The van der Waals surface area contributed by atoms with Crippen LogP contribution < -0.4 is 0 Å². The Morgan fingerprint density at radius 2 is 1.79 bits per heavy atom. The first-order valence-corrected chi connectivity index (χ1v) is 8.14. The lowest BCUT2D eigenvalue weighted by Crippen LogP contribution is -2.53. The number of aliphatic carboxylic acids is 1. The molecule has 1 aliphatic carbocycles. The van der Waals surface area contributed by atoms with E-state index < -0.39 is 5.97 Å². The van der Waals surface area contributed by atoms with Gasteiger partial charge in [-0.2, -0.15) is 0 Å². The smallest absolute Gasteiger partial charge is 0.320 e. The van der Waals surface area contributed by atoms with Gasteiger partial charge in [0.15, 0.2) is 0 Å². The molecule has 0 aromatic heterocycles. The van der Waals surface area contributed by atoms with Gasteiger partial charge in [-0.15, -0.1) is 0 Å². The monoisotopic (exact) mass is 267 g/mol. The highest BCUT2D eigenvalue weighted by molar-refractivity contribution is 5.73. The number of carboxylic acids is 1. The number of hydrogen-bond donors (Lipinski definition) is 1. The van der Waals surface area contributed by atoms with Crippen LogP contribution in [0, 0.1) is 11.8 Å². The fourth-order valence-corrected chi connectivity index (χ4v) is 4.04. The van der Waals surface area contributed by atoms with Crippen molar-refractivity contribution in [3.05, 3.63) is 0 Å². The number of likely N-dealkylation sites (tertiary alicyclic amines) is 1. The summed E-state index contributed by atoms with van der Waals surface area (Å²) in [6.07, 6.45) is 9.47. The number of piperidine rings is 1. The number of carboxylic acid groups (broad SMARTS) is 1. The summed E-state index contributed by atoms with van der Waals surface area (Å²) in [7, 11) is 0. The molecule has 1 saturated heterocycles. The van der Waals surface area contributed by atoms with Crippen molar-refractivity contribution in [1.29, 1.82) is 0 Å². The van der Waals surface area contributed by atoms with Crippen molar-refractivity contribution < 1.29 is 9.90 Å². The molecule has 19 heavy (non-hydrogen) atoms. The lowest BCUT2D eigenvalue weighted by atomic mass is 9.80. The Hall–Kier alpha value is -0.570. The van der Waals surface area contributed by atoms with Crippen molar-refractivity contribution in [3.8, 4) is 0 Å². The van der Waals surface area contributed by atoms with Crippen LogP contribution in [0.1, 0.15) is 65.2 Å². The molecule has 1 heterocycles. The van der Waals surface area contributed by atoms with Crippen LogP contribution in [0.3, 0.4) is 0 Å². The molecule has 1 saturated carbocycles. The van der Waals surface area contributed by atoms with Crippen molar-refractivity contribution in [2.24, 2.45) is 11.8 Å². The molecular formula is C16H29NO2. The fourth-order valence-electron chi connectivity index (χ4n) is 4.04. The predicted molar refractivity (Wildman–Crippen MR) is 77.2 cm³/mol. The molecule has 0 amide bonds. The third-order valence-electron chi connectivity index (χ3n) is 5.42. The van der Waals surface area contributed by atoms with E-state index in [9.17, 15) is 9.90 Å². The zero-order valence-electron chi connectivity index (χ0n) is 12.5. The highest BCUT2D eigenvalue weighted by Gasteiger charge is 2.38. The highest BCUT2D eigenvalue weighted by atomic mass is 16.4. The van der Waals surface area contributed by atoms with Crippen LogP contribution >= 0.6 is 0 Å². The van der Waals surface area contributed by atoms with Gasteiger partial charge in [-0.1, -0.05) is 39.5 Å². The molecule has 110 valence electrons. The van der Waals surface area contributed by atoms with Crippen LogP contribution in [0.2, 0.25) is 0 Å². The molecule has 0 radical (unpaired) electrons. The summed E-state index contributed by atoms with van der Waals surface area (Å²) < 4.78 is 0. The van der Waals surface area contributed by atoms with Crippen LogP contribution in [0.25, 0.3) is 0 Å². The molecular weight excluding hydrogens is 238 g/mol. The molecule has 3 heteroatoms. The van der Waals surface area contributed by atoms with E-state index in [0.29, 0.717) is 12.0 Å². The maximum Gasteiger partial charge on any atom is 0.320 e. The van der Waals surface area contributed by atoms with Gasteiger partial charge in [0.25, 0.3) is 0 Å². The van der Waals surface area contributed by atoms with Crippen LogP contribution in [0.5, 0.6) is 0 Å². The first kappa shape index (κ1) is 14.8. The van der Waals surface area contributed by atoms with Crippen molar-refractivity contribution >= 4 is 5.97 Å². The molecule has 1 aliphatic heterocycles. The molecule has 0 bridgehead atoms. The molecule has 2 rings (SSSR count). The molecule has 0 spiro atoms. The first-order chi connectivity index (χ1) is 9.15. The standard InChI is InChI=1S/C16H29NO2/c1-3-12-6-5-7-14(10-12)17-9-8-13(4-2)11-15(17)16(18)19/h12-15H,3-11H2,1-2H3,(H,18,19).